The number of H-pyrrole nitrogens is 1. The van der Waals surface area contributed by atoms with Gasteiger partial charge >= 0.3 is 5.97 Å². The van der Waals surface area contributed by atoms with Crippen LogP contribution in [0, 0.1) is 6.92 Å². The molecule has 1 N–H and O–H groups in total. The van der Waals surface area contributed by atoms with E-state index in [-0.39, 0.29) is 5.78 Å². The average molecular weight is 424 g/mol. The van der Waals surface area contributed by atoms with Gasteiger partial charge in [-0.05, 0) is 51.5 Å². The molecule has 0 bridgehead atoms. The number of carbonyl (C=O) groups is 2. The molecule has 6 nitrogen and oxygen atoms in total. The van der Waals surface area contributed by atoms with Crippen LogP contribution in [0.4, 0.5) is 0 Å². The summed E-state index contributed by atoms with van der Waals surface area (Å²) in [5.74, 6) is 0.247. The molecule has 0 unspecified atom stereocenters. The molecule has 0 saturated carbocycles. The molecule has 0 fully saturated rings. The second-order valence-electron chi connectivity index (χ2n) is 7.38. The van der Waals surface area contributed by atoms with Gasteiger partial charge in [-0.15, -0.1) is 0 Å². The van der Waals surface area contributed by atoms with E-state index in [2.05, 4.69) is 11.9 Å². The molecule has 1 aromatic heterocycles. The Morgan fingerprint density at radius 1 is 1.03 bits per heavy atom. The molecule has 0 spiro atoms. The van der Waals surface area contributed by atoms with Gasteiger partial charge in [-0.3, -0.25) is 4.79 Å². The van der Waals surface area contributed by atoms with E-state index in [4.69, 9.17) is 14.2 Å². The van der Waals surface area contributed by atoms with Gasteiger partial charge in [-0.1, -0.05) is 31.5 Å². The maximum absolute atomic E-state index is 13.0. The van der Waals surface area contributed by atoms with Gasteiger partial charge in [0.05, 0.1) is 18.8 Å². The number of para-hydroxylation sites is 1. The fraction of sp³-hybridized carbons (Fsp3) is 0.360. The van der Waals surface area contributed by atoms with Gasteiger partial charge in [-0.2, -0.15) is 0 Å². The Kier molecular flexibility index (Phi) is 7.34. The Hall–Kier alpha value is -3.28. The summed E-state index contributed by atoms with van der Waals surface area (Å²) in [5, 5.41) is 0.820. The number of rotatable bonds is 10. The molecule has 3 aromatic rings. The normalized spacial score (nSPS) is 11.9. The Bertz CT molecular complexity index is 1070. The Labute approximate surface area is 182 Å². The summed E-state index contributed by atoms with van der Waals surface area (Å²) in [6, 6.07) is 12.5. The highest BCUT2D eigenvalue weighted by molar-refractivity contribution is 6.11. The van der Waals surface area contributed by atoms with Crippen LogP contribution in [0.25, 0.3) is 10.9 Å². The number of unbranched alkanes of at least 4 members (excludes halogenated alkanes) is 1. The first-order valence-corrected chi connectivity index (χ1v) is 10.7. The molecule has 3 rings (SSSR count). The topological polar surface area (TPSA) is 77.6 Å². The number of aromatic nitrogens is 1. The Morgan fingerprint density at radius 3 is 2.55 bits per heavy atom. The third kappa shape index (κ3) is 5.08. The van der Waals surface area contributed by atoms with E-state index in [0.29, 0.717) is 35.8 Å². The van der Waals surface area contributed by atoms with Crippen LogP contribution in [0.1, 0.15) is 60.0 Å². The molecule has 164 valence electrons. The molecule has 0 saturated heterocycles. The van der Waals surface area contributed by atoms with Gasteiger partial charge in [0, 0.05) is 22.2 Å². The van der Waals surface area contributed by atoms with E-state index in [9.17, 15) is 9.59 Å². The molecular weight excluding hydrogens is 394 g/mol. The van der Waals surface area contributed by atoms with Crippen LogP contribution in [0.3, 0.4) is 0 Å². The quantitative estimate of drug-likeness (QED) is 0.265. The predicted octanol–water partition coefficient (Wildman–Crippen LogP) is 5.48. The molecular formula is C25H29NO5. The monoisotopic (exact) mass is 423 g/mol. The molecule has 6 heteroatoms. The SMILES string of the molecule is CCCCOc1ccc(C(=O)O[C@@H](C)C(=O)c2c(C)[nH]c3ccccc23)cc1OCC. The summed E-state index contributed by atoms with van der Waals surface area (Å²) in [7, 11) is 0. The molecule has 1 heterocycles. The number of esters is 1. The van der Waals surface area contributed by atoms with Crippen LogP contribution in [-0.2, 0) is 4.74 Å². The number of ether oxygens (including phenoxy) is 3. The standard InChI is InChI=1S/C25H29NO5/c1-5-7-14-30-21-13-12-18(15-22(21)29-6-2)25(28)31-17(4)24(27)23-16(3)26-20-11-9-8-10-19(20)23/h8-13,15,17,26H,5-7,14H2,1-4H3/t17-/m0/s1. The van der Waals surface area contributed by atoms with E-state index in [0.717, 1.165) is 29.4 Å². The summed E-state index contributed by atoms with van der Waals surface area (Å²) in [4.78, 5) is 29.0. The highest BCUT2D eigenvalue weighted by atomic mass is 16.5. The van der Waals surface area contributed by atoms with Gasteiger partial charge in [0.25, 0.3) is 0 Å². The van der Waals surface area contributed by atoms with Crippen LogP contribution in [0.2, 0.25) is 0 Å². The third-order valence-corrected chi connectivity index (χ3v) is 5.03. The fourth-order valence-corrected chi connectivity index (χ4v) is 3.43. The van der Waals surface area contributed by atoms with Crippen molar-refractivity contribution in [3.63, 3.8) is 0 Å². The summed E-state index contributed by atoms with van der Waals surface area (Å²) >= 11 is 0. The Balaban J connectivity index is 1.76. The van der Waals surface area contributed by atoms with Gasteiger partial charge < -0.3 is 19.2 Å². The zero-order chi connectivity index (χ0) is 22.4. The number of carbonyl (C=O) groups excluding carboxylic acids is 2. The second kappa shape index (κ2) is 10.2. The lowest BCUT2D eigenvalue weighted by molar-refractivity contribution is 0.0318. The van der Waals surface area contributed by atoms with E-state index >= 15 is 0 Å². The van der Waals surface area contributed by atoms with Crippen LogP contribution in [0.5, 0.6) is 11.5 Å². The minimum absolute atomic E-state index is 0.243. The number of aryl methyl sites for hydroxylation is 1. The summed E-state index contributed by atoms with van der Waals surface area (Å²) in [5.41, 5.74) is 2.48. The number of benzene rings is 2. The van der Waals surface area contributed by atoms with Crippen molar-refractivity contribution in [2.45, 2.75) is 46.6 Å². The van der Waals surface area contributed by atoms with E-state index in [1.165, 1.54) is 0 Å². The van der Waals surface area contributed by atoms with Gasteiger partial charge in [-0.25, -0.2) is 4.79 Å². The molecule has 0 aliphatic rings. The molecule has 1 atom stereocenters. The van der Waals surface area contributed by atoms with Crippen molar-refractivity contribution in [1.82, 2.24) is 4.98 Å². The average Bonchev–Trinajstić information content (AvgIpc) is 3.10. The number of hydrogen-bond acceptors (Lipinski definition) is 5. The number of fused-ring (bicyclic) bond motifs is 1. The number of Topliss-reactive ketones (excluding diaryl/α,β-unsaturated/α-hetero) is 1. The summed E-state index contributed by atoms with van der Waals surface area (Å²) in [6.07, 6.45) is 1.03. The zero-order valence-corrected chi connectivity index (χ0v) is 18.5. The largest absolute Gasteiger partial charge is 0.490 e. The van der Waals surface area contributed by atoms with Crippen molar-refractivity contribution in [3.05, 3.63) is 59.3 Å². The summed E-state index contributed by atoms with van der Waals surface area (Å²) in [6.45, 7) is 8.41. The van der Waals surface area contributed by atoms with Gasteiger partial charge in [0.1, 0.15) is 0 Å². The van der Waals surface area contributed by atoms with Crippen molar-refractivity contribution in [2.75, 3.05) is 13.2 Å². The second-order valence-corrected chi connectivity index (χ2v) is 7.38. The number of nitrogens with one attached hydrogen (secondary N) is 1. The molecule has 0 aliphatic carbocycles. The first kappa shape index (κ1) is 22.4. The number of ketones is 1. The van der Waals surface area contributed by atoms with Crippen molar-refractivity contribution in [3.8, 4) is 11.5 Å². The van der Waals surface area contributed by atoms with E-state index in [1.807, 2.05) is 38.1 Å². The van der Waals surface area contributed by atoms with Crippen LogP contribution < -0.4 is 9.47 Å². The smallest absolute Gasteiger partial charge is 0.338 e. The number of hydrogen-bond donors (Lipinski definition) is 1. The minimum Gasteiger partial charge on any atom is -0.490 e. The van der Waals surface area contributed by atoms with E-state index < -0.39 is 12.1 Å². The maximum Gasteiger partial charge on any atom is 0.338 e. The minimum atomic E-state index is -0.929. The van der Waals surface area contributed by atoms with Crippen LogP contribution >= 0.6 is 0 Å². The first-order chi connectivity index (χ1) is 15.0. The third-order valence-electron chi connectivity index (χ3n) is 5.03. The van der Waals surface area contributed by atoms with Crippen molar-refractivity contribution in [1.29, 1.82) is 0 Å². The molecule has 0 aliphatic heterocycles. The highest BCUT2D eigenvalue weighted by Gasteiger charge is 2.25. The molecule has 0 radical (unpaired) electrons. The highest BCUT2D eigenvalue weighted by Crippen LogP contribution is 2.30. The lowest BCUT2D eigenvalue weighted by atomic mass is 10.0. The Morgan fingerprint density at radius 2 is 1.81 bits per heavy atom. The van der Waals surface area contributed by atoms with Gasteiger partial charge in [0.15, 0.2) is 17.6 Å². The van der Waals surface area contributed by atoms with Crippen LogP contribution in [-0.4, -0.2) is 36.1 Å². The molecule has 2 aromatic carbocycles. The molecule has 31 heavy (non-hydrogen) atoms. The lowest BCUT2D eigenvalue weighted by Crippen LogP contribution is -2.25. The van der Waals surface area contributed by atoms with Gasteiger partial charge in [0.2, 0.25) is 5.78 Å². The van der Waals surface area contributed by atoms with E-state index in [1.54, 1.807) is 25.1 Å². The number of aromatic amines is 1. The summed E-state index contributed by atoms with van der Waals surface area (Å²) < 4.78 is 16.9. The lowest BCUT2D eigenvalue weighted by Gasteiger charge is -2.15. The maximum atomic E-state index is 13.0. The molecule has 0 amide bonds. The zero-order valence-electron chi connectivity index (χ0n) is 18.5. The van der Waals surface area contributed by atoms with Crippen molar-refractivity contribution < 1.29 is 23.8 Å². The van der Waals surface area contributed by atoms with Crippen molar-refractivity contribution >= 4 is 22.7 Å². The van der Waals surface area contributed by atoms with Crippen molar-refractivity contribution in [2.24, 2.45) is 0 Å². The predicted molar refractivity (Wildman–Crippen MR) is 120 cm³/mol. The van der Waals surface area contributed by atoms with Crippen LogP contribution in [0.15, 0.2) is 42.5 Å². The fourth-order valence-electron chi connectivity index (χ4n) is 3.43. The first-order valence-electron chi connectivity index (χ1n) is 10.7.